The topological polar surface area (TPSA) is 65.0 Å². The van der Waals surface area contributed by atoms with Crippen molar-refractivity contribution in [1.29, 1.82) is 0 Å². The zero-order chi connectivity index (χ0) is 19.8. The molecule has 1 N–H and O–H groups in total. The molecule has 2 aromatic heterocycles. The van der Waals surface area contributed by atoms with Crippen molar-refractivity contribution in [2.24, 2.45) is 5.92 Å². The molecule has 158 valence electrons. The summed E-state index contributed by atoms with van der Waals surface area (Å²) in [6.07, 6.45) is 2.47. The number of hydrogen-bond acceptors (Lipinski definition) is 8. The molecule has 0 spiro atoms. The predicted molar refractivity (Wildman–Crippen MR) is 116 cm³/mol. The van der Waals surface area contributed by atoms with Gasteiger partial charge in [-0.15, -0.1) is 11.3 Å². The first-order valence-electron chi connectivity index (χ1n) is 10.9. The summed E-state index contributed by atoms with van der Waals surface area (Å²) in [6.45, 7) is 11.0. The number of nitrogens with zero attached hydrogens (tertiary/aromatic N) is 5. The van der Waals surface area contributed by atoms with E-state index in [-0.39, 0.29) is 6.61 Å². The summed E-state index contributed by atoms with van der Waals surface area (Å²) in [5.74, 6) is 2.26. The van der Waals surface area contributed by atoms with E-state index in [2.05, 4.69) is 20.8 Å². The SMILES string of the molecule is Cc1nc(N2CCOCC2)c2sc(CN3CC[C@H](N4CCC4)[C@H](CO)C3)cc2n1. The van der Waals surface area contributed by atoms with Crippen molar-refractivity contribution in [3.63, 3.8) is 0 Å². The van der Waals surface area contributed by atoms with Crippen LogP contribution in [0.4, 0.5) is 5.82 Å². The van der Waals surface area contributed by atoms with E-state index in [1.165, 1.54) is 29.1 Å². The van der Waals surface area contributed by atoms with Gasteiger partial charge >= 0.3 is 0 Å². The quantitative estimate of drug-likeness (QED) is 0.795. The van der Waals surface area contributed by atoms with Crippen molar-refractivity contribution in [2.75, 3.05) is 64.0 Å². The molecule has 0 bridgehead atoms. The van der Waals surface area contributed by atoms with Crippen molar-refractivity contribution >= 4 is 27.4 Å². The Morgan fingerprint density at radius 3 is 2.72 bits per heavy atom. The number of aryl methyl sites for hydroxylation is 1. The number of rotatable bonds is 5. The Morgan fingerprint density at radius 1 is 1.17 bits per heavy atom. The summed E-state index contributed by atoms with van der Waals surface area (Å²) in [4.78, 5) is 18.2. The van der Waals surface area contributed by atoms with Gasteiger partial charge in [0.2, 0.25) is 0 Å². The molecule has 0 amide bonds. The Balaban J connectivity index is 1.33. The van der Waals surface area contributed by atoms with Crippen LogP contribution in [0, 0.1) is 12.8 Å². The van der Waals surface area contributed by atoms with Gasteiger partial charge in [0.1, 0.15) is 5.82 Å². The van der Waals surface area contributed by atoms with E-state index in [9.17, 15) is 5.11 Å². The Hall–Kier alpha value is -1.32. The highest BCUT2D eigenvalue weighted by molar-refractivity contribution is 7.19. The van der Waals surface area contributed by atoms with Crippen LogP contribution in [0.15, 0.2) is 6.07 Å². The molecule has 3 aliphatic rings. The average molecular weight is 418 g/mol. The molecule has 5 rings (SSSR count). The molecule has 0 radical (unpaired) electrons. The van der Waals surface area contributed by atoms with Gasteiger partial charge in [-0.3, -0.25) is 9.80 Å². The molecule has 0 aromatic carbocycles. The first-order valence-corrected chi connectivity index (χ1v) is 11.7. The zero-order valence-electron chi connectivity index (χ0n) is 17.2. The summed E-state index contributed by atoms with van der Waals surface area (Å²) in [5.41, 5.74) is 1.06. The number of aromatic nitrogens is 2. The van der Waals surface area contributed by atoms with Crippen LogP contribution in [0.25, 0.3) is 10.2 Å². The van der Waals surface area contributed by atoms with E-state index in [4.69, 9.17) is 14.7 Å². The summed E-state index contributed by atoms with van der Waals surface area (Å²) in [6, 6.07) is 2.81. The zero-order valence-corrected chi connectivity index (χ0v) is 18.0. The highest BCUT2D eigenvalue weighted by Crippen LogP contribution is 2.34. The molecular formula is C21H31N5O2S. The lowest BCUT2D eigenvalue weighted by molar-refractivity contribution is -0.00293. The average Bonchev–Trinajstić information content (AvgIpc) is 3.09. The Kier molecular flexibility index (Phi) is 5.71. The van der Waals surface area contributed by atoms with Crippen molar-refractivity contribution in [3.8, 4) is 0 Å². The van der Waals surface area contributed by atoms with Crippen molar-refractivity contribution in [2.45, 2.75) is 32.4 Å². The van der Waals surface area contributed by atoms with Gasteiger partial charge in [0.05, 0.1) is 23.4 Å². The third-order valence-electron chi connectivity index (χ3n) is 6.58. The van der Waals surface area contributed by atoms with Crippen LogP contribution >= 0.6 is 11.3 Å². The maximum absolute atomic E-state index is 9.95. The van der Waals surface area contributed by atoms with Gasteiger partial charge < -0.3 is 14.7 Å². The highest BCUT2D eigenvalue weighted by atomic mass is 32.1. The molecule has 29 heavy (non-hydrogen) atoms. The molecule has 0 unspecified atom stereocenters. The van der Waals surface area contributed by atoms with Gasteiger partial charge in [-0.25, -0.2) is 9.97 Å². The smallest absolute Gasteiger partial charge is 0.150 e. The van der Waals surface area contributed by atoms with Gasteiger partial charge in [0.15, 0.2) is 5.82 Å². The van der Waals surface area contributed by atoms with Crippen molar-refractivity contribution in [3.05, 3.63) is 16.8 Å². The van der Waals surface area contributed by atoms with Crippen LogP contribution in [0.1, 0.15) is 23.5 Å². The molecule has 7 nitrogen and oxygen atoms in total. The fourth-order valence-corrected chi connectivity index (χ4v) is 6.09. The Labute approximate surface area is 176 Å². The number of aliphatic hydroxyl groups is 1. The number of hydrogen-bond donors (Lipinski definition) is 1. The minimum atomic E-state index is 0.288. The van der Waals surface area contributed by atoms with Crippen LogP contribution in [-0.2, 0) is 11.3 Å². The molecule has 5 heterocycles. The third kappa shape index (κ3) is 4.01. The molecule has 2 aromatic rings. The van der Waals surface area contributed by atoms with Crippen molar-refractivity contribution in [1.82, 2.24) is 19.8 Å². The standard InChI is InChI=1S/C21H31N5O2S/c1-15-22-18-11-17(29-20(18)21(23-15)26-7-9-28-10-8-26)13-24-6-3-19(16(12-24)14-27)25-4-2-5-25/h11,16,19,27H,2-10,12-14H2,1H3/t16-,19-/m0/s1. The van der Waals surface area contributed by atoms with Gasteiger partial charge in [0, 0.05) is 56.2 Å². The monoisotopic (exact) mass is 417 g/mol. The van der Waals surface area contributed by atoms with Crippen LogP contribution in [0.3, 0.4) is 0 Å². The molecule has 0 aliphatic carbocycles. The van der Waals surface area contributed by atoms with Gasteiger partial charge in [-0.05, 0) is 38.9 Å². The minimum Gasteiger partial charge on any atom is -0.396 e. The number of morpholine rings is 1. The van der Waals surface area contributed by atoms with E-state index < -0.39 is 0 Å². The normalized spacial score (nSPS) is 26.8. The van der Waals surface area contributed by atoms with Gasteiger partial charge in [0.25, 0.3) is 0 Å². The lowest BCUT2D eigenvalue weighted by Gasteiger charge is -2.47. The fourth-order valence-electron chi connectivity index (χ4n) is 4.94. The number of thiophene rings is 1. The predicted octanol–water partition coefficient (Wildman–Crippen LogP) is 1.72. The number of aliphatic hydroxyl groups excluding tert-OH is 1. The summed E-state index contributed by atoms with van der Waals surface area (Å²) in [5, 5.41) is 9.95. The Morgan fingerprint density at radius 2 is 2.00 bits per heavy atom. The lowest BCUT2D eigenvalue weighted by Crippen LogP contribution is -2.55. The number of anilines is 1. The molecule has 3 aliphatic heterocycles. The van der Waals surface area contributed by atoms with Gasteiger partial charge in [-0.1, -0.05) is 0 Å². The van der Waals surface area contributed by atoms with Gasteiger partial charge in [-0.2, -0.15) is 0 Å². The van der Waals surface area contributed by atoms with Crippen LogP contribution in [-0.4, -0.2) is 90.0 Å². The van der Waals surface area contributed by atoms with E-state index in [1.807, 2.05) is 18.3 Å². The molecule has 0 saturated carbocycles. The molecule has 3 fully saturated rings. The summed E-state index contributed by atoms with van der Waals surface area (Å²) in [7, 11) is 0. The maximum Gasteiger partial charge on any atom is 0.150 e. The number of ether oxygens (including phenoxy) is 1. The van der Waals surface area contributed by atoms with Crippen LogP contribution < -0.4 is 4.90 Å². The molecule has 8 heteroatoms. The number of fused-ring (bicyclic) bond motifs is 1. The molecule has 2 atom stereocenters. The van der Waals surface area contributed by atoms with Crippen LogP contribution in [0.2, 0.25) is 0 Å². The van der Waals surface area contributed by atoms with E-state index in [0.717, 1.165) is 69.5 Å². The summed E-state index contributed by atoms with van der Waals surface area (Å²) >= 11 is 1.83. The second kappa shape index (κ2) is 8.43. The first-order chi connectivity index (χ1) is 14.2. The summed E-state index contributed by atoms with van der Waals surface area (Å²) < 4.78 is 6.71. The van der Waals surface area contributed by atoms with E-state index >= 15 is 0 Å². The second-order valence-electron chi connectivity index (χ2n) is 8.54. The lowest BCUT2D eigenvalue weighted by atomic mass is 9.89. The Bertz CT molecular complexity index is 849. The maximum atomic E-state index is 9.95. The van der Waals surface area contributed by atoms with E-state index in [1.54, 1.807) is 0 Å². The second-order valence-corrected chi connectivity index (χ2v) is 9.68. The fraction of sp³-hybridized carbons (Fsp3) is 0.714. The molecule has 3 saturated heterocycles. The largest absolute Gasteiger partial charge is 0.396 e. The minimum absolute atomic E-state index is 0.288. The number of likely N-dealkylation sites (tertiary alicyclic amines) is 2. The highest BCUT2D eigenvalue weighted by Gasteiger charge is 2.35. The third-order valence-corrected chi connectivity index (χ3v) is 7.68. The van der Waals surface area contributed by atoms with E-state index in [0.29, 0.717) is 12.0 Å². The van der Waals surface area contributed by atoms with Crippen LogP contribution in [0.5, 0.6) is 0 Å². The first kappa shape index (κ1) is 19.6. The number of piperidine rings is 1. The molecular weight excluding hydrogens is 386 g/mol. The van der Waals surface area contributed by atoms with Crippen molar-refractivity contribution < 1.29 is 9.84 Å².